The van der Waals surface area contributed by atoms with Gasteiger partial charge in [-0.25, -0.2) is 13.1 Å². The number of likely N-dealkylation sites (tertiary alicyclic amines) is 1. The lowest BCUT2D eigenvalue weighted by Crippen LogP contribution is -2.39. The lowest BCUT2D eigenvalue weighted by atomic mass is 9.99. The highest BCUT2D eigenvalue weighted by atomic mass is 127. The second-order valence-corrected chi connectivity index (χ2v) is 9.49. The Morgan fingerprint density at radius 2 is 1.84 bits per heavy atom. The van der Waals surface area contributed by atoms with Crippen molar-refractivity contribution in [1.82, 2.24) is 14.9 Å². The van der Waals surface area contributed by atoms with Crippen LogP contribution in [0.15, 0.2) is 64.5 Å². The number of aliphatic imine (C=N–C) groups is 1. The second-order valence-electron chi connectivity index (χ2n) is 7.73. The number of hydrogen-bond acceptors (Lipinski definition) is 4. The third kappa shape index (κ3) is 7.72. The molecule has 1 aliphatic heterocycles. The molecule has 1 heterocycles. The van der Waals surface area contributed by atoms with E-state index in [9.17, 15) is 8.42 Å². The van der Waals surface area contributed by atoms with Crippen molar-refractivity contribution >= 4 is 40.0 Å². The molecule has 1 fully saturated rings. The molecule has 0 spiro atoms. The van der Waals surface area contributed by atoms with Gasteiger partial charge in [-0.05, 0) is 42.0 Å². The lowest BCUT2D eigenvalue weighted by molar-refractivity contribution is 0.204. The fourth-order valence-electron chi connectivity index (χ4n) is 3.80. The van der Waals surface area contributed by atoms with E-state index in [-0.39, 0.29) is 35.4 Å². The predicted octanol–water partition coefficient (Wildman–Crippen LogP) is 2.87. The summed E-state index contributed by atoms with van der Waals surface area (Å²) in [4.78, 5) is 6.99. The average molecular weight is 573 g/mol. The molecule has 0 saturated carbocycles. The molecule has 3 rings (SSSR count). The van der Waals surface area contributed by atoms with E-state index in [0.29, 0.717) is 19.1 Å². The number of halogens is 1. The SMILES string of the molecule is CN=C(NCc1ccc(S(=O)(=O)NCCOC)cc1)N1CCC(Cc2ccccc2)C1.I. The van der Waals surface area contributed by atoms with Gasteiger partial charge < -0.3 is 15.0 Å². The number of hydrogen-bond donors (Lipinski definition) is 2. The van der Waals surface area contributed by atoms with Gasteiger partial charge in [0.05, 0.1) is 11.5 Å². The highest BCUT2D eigenvalue weighted by molar-refractivity contribution is 14.0. The first kappa shape index (κ1) is 26.6. The topological polar surface area (TPSA) is 83.0 Å². The third-order valence-corrected chi connectivity index (χ3v) is 6.92. The van der Waals surface area contributed by atoms with E-state index >= 15 is 0 Å². The van der Waals surface area contributed by atoms with Crippen LogP contribution in [0, 0.1) is 5.92 Å². The van der Waals surface area contributed by atoms with Gasteiger partial charge in [-0.1, -0.05) is 42.5 Å². The Bertz CT molecular complexity index is 953. The fourth-order valence-corrected chi connectivity index (χ4v) is 4.81. The molecular formula is C23H33IN4O3S. The summed E-state index contributed by atoms with van der Waals surface area (Å²) < 4.78 is 31.9. The maximum absolute atomic E-state index is 12.3. The first-order chi connectivity index (χ1) is 15.0. The molecule has 1 unspecified atom stereocenters. The van der Waals surface area contributed by atoms with Crippen molar-refractivity contribution in [2.45, 2.75) is 24.3 Å². The minimum atomic E-state index is -3.51. The summed E-state index contributed by atoms with van der Waals surface area (Å²) in [6, 6.07) is 17.5. The second kappa shape index (κ2) is 13.1. The van der Waals surface area contributed by atoms with Crippen LogP contribution in [0.2, 0.25) is 0 Å². The number of ether oxygens (including phenoxy) is 1. The van der Waals surface area contributed by atoms with E-state index in [1.165, 1.54) is 12.7 Å². The monoisotopic (exact) mass is 572 g/mol. The van der Waals surface area contributed by atoms with Gasteiger partial charge in [-0.15, -0.1) is 24.0 Å². The minimum absolute atomic E-state index is 0. The normalized spacial score (nSPS) is 16.6. The Labute approximate surface area is 208 Å². The average Bonchev–Trinajstić information content (AvgIpc) is 3.23. The highest BCUT2D eigenvalue weighted by Crippen LogP contribution is 2.21. The van der Waals surface area contributed by atoms with Crippen molar-refractivity contribution < 1.29 is 13.2 Å². The predicted molar refractivity (Wildman–Crippen MR) is 139 cm³/mol. The van der Waals surface area contributed by atoms with E-state index in [2.05, 4.69) is 50.3 Å². The summed E-state index contributed by atoms with van der Waals surface area (Å²) in [5, 5.41) is 3.41. The molecule has 32 heavy (non-hydrogen) atoms. The molecule has 2 aromatic rings. The Morgan fingerprint density at radius 3 is 2.50 bits per heavy atom. The maximum Gasteiger partial charge on any atom is 0.240 e. The third-order valence-electron chi connectivity index (χ3n) is 5.45. The Kier molecular flexibility index (Phi) is 10.9. The molecule has 1 atom stereocenters. The zero-order chi connectivity index (χ0) is 22.1. The summed E-state index contributed by atoms with van der Waals surface area (Å²) in [6.07, 6.45) is 2.24. The van der Waals surface area contributed by atoms with Crippen molar-refractivity contribution in [1.29, 1.82) is 0 Å². The first-order valence-electron chi connectivity index (χ1n) is 10.6. The molecule has 0 aliphatic carbocycles. The summed E-state index contributed by atoms with van der Waals surface area (Å²) in [7, 11) is -0.176. The number of methoxy groups -OCH3 is 1. The van der Waals surface area contributed by atoms with E-state index < -0.39 is 10.0 Å². The van der Waals surface area contributed by atoms with Crippen LogP contribution in [0.5, 0.6) is 0 Å². The standard InChI is InChI=1S/C23H32N4O3S.HI/c1-24-23(27-14-12-21(18-27)16-19-6-4-3-5-7-19)25-17-20-8-10-22(11-9-20)31(28,29)26-13-15-30-2;/h3-11,21,26H,12-18H2,1-2H3,(H,24,25);1H. The molecule has 0 bridgehead atoms. The van der Waals surface area contributed by atoms with Crippen LogP contribution in [-0.2, 0) is 27.7 Å². The Hall–Kier alpha value is -1.69. The molecule has 2 aromatic carbocycles. The van der Waals surface area contributed by atoms with Crippen molar-refractivity contribution in [3.63, 3.8) is 0 Å². The number of nitrogens with one attached hydrogen (secondary N) is 2. The zero-order valence-corrected chi connectivity index (χ0v) is 21.8. The van der Waals surface area contributed by atoms with Crippen LogP contribution in [-0.4, -0.2) is 59.7 Å². The van der Waals surface area contributed by atoms with Crippen molar-refractivity contribution in [3.8, 4) is 0 Å². The molecule has 9 heteroatoms. The van der Waals surface area contributed by atoms with Gasteiger partial charge in [0, 0.05) is 40.3 Å². The molecular weight excluding hydrogens is 539 g/mol. The van der Waals surface area contributed by atoms with Crippen LogP contribution >= 0.6 is 24.0 Å². The van der Waals surface area contributed by atoms with E-state index in [1.807, 2.05) is 12.1 Å². The molecule has 7 nitrogen and oxygen atoms in total. The van der Waals surface area contributed by atoms with Crippen molar-refractivity contribution in [3.05, 3.63) is 65.7 Å². The summed E-state index contributed by atoms with van der Waals surface area (Å²) in [6.45, 7) is 3.15. The number of sulfonamides is 1. The number of rotatable bonds is 9. The van der Waals surface area contributed by atoms with Crippen LogP contribution in [0.4, 0.5) is 0 Å². The molecule has 1 saturated heterocycles. The van der Waals surface area contributed by atoms with Gasteiger partial charge in [0.15, 0.2) is 5.96 Å². The van der Waals surface area contributed by atoms with Gasteiger partial charge in [0.2, 0.25) is 10.0 Å². The molecule has 1 aliphatic rings. The lowest BCUT2D eigenvalue weighted by Gasteiger charge is -2.22. The zero-order valence-electron chi connectivity index (χ0n) is 18.7. The Morgan fingerprint density at radius 1 is 1.12 bits per heavy atom. The van der Waals surface area contributed by atoms with Gasteiger partial charge >= 0.3 is 0 Å². The maximum atomic E-state index is 12.3. The fraction of sp³-hybridized carbons (Fsp3) is 0.435. The molecule has 0 amide bonds. The molecule has 2 N–H and O–H groups in total. The smallest absolute Gasteiger partial charge is 0.240 e. The Balaban J connectivity index is 0.00000363. The van der Waals surface area contributed by atoms with Crippen molar-refractivity contribution in [2.75, 3.05) is 40.4 Å². The first-order valence-corrected chi connectivity index (χ1v) is 12.1. The summed E-state index contributed by atoms with van der Waals surface area (Å²) >= 11 is 0. The van der Waals surface area contributed by atoms with Gasteiger partial charge in [0.1, 0.15) is 0 Å². The molecule has 176 valence electrons. The molecule has 0 aromatic heterocycles. The van der Waals surface area contributed by atoms with E-state index in [0.717, 1.165) is 37.5 Å². The van der Waals surface area contributed by atoms with Crippen LogP contribution < -0.4 is 10.0 Å². The van der Waals surface area contributed by atoms with Crippen LogP contribution in [0.1, 0.15) is 17.5 Å². The summed E-state index contributed by atoms with van der Waals surface area (Å²) in [5.41, 5.74) is 2.38. The largest absolute Gasteiger partial charge is 0.383 e. The molecule has 0 radical (unpaired) electrons. The van der Waals surface area contributed by atoms with E-state index in [1.54, 1.807) is 19.2 Å². The van der Waals surface area contributed by atoms with Gasteiger partial charge in [-0.2, -0.15) is 0 Å². The summed E-state index contributed by atoms with van der Waals surface area (Å²) in [5.74, 6) is 1.50. The minimum Gasteiger partial charge on any atom is -0.383 e. The van der Waals surface area contributed by atoms with Gasteiger partial charge in [-0.3, -0.25) is 4.99 Å². The van der Waals surface area contributed by atoms with Crippen molar-refractivity contribution in [2.24, 2.45) is 10.9 Å². The number of nitrogens with zero attached hydrogens (tertiary/aromatic N) is 2. The van der Waals surface area contributed by atoms with E-state index in [4.69, 9.17) is 4.74 Å². The highest BCUT2D eigenvalue weighted by Gasteiger charge is 2.25. The quantitative estimate of drug-likeness (QED) is 0.209. The number of benzene rings is 2. The van der Waals surface area contributed by atoms with Crippen LogP contribution in [0.25, 0.3) is 0 Å². The van der Waals surface area contributed by atoms with Crippen LogP contribution in [0.3, 0.4) is 0 Å². The van der Waals surface area contributed by atoms with Gasteiger partial charge in [0.25, 0.3) is 0 Å². The number of guanidine groups is 1.